The molecule has 3 aromatic carbocycles. The summed E-state index contributed by atoms with van der Waals surface area (Å²) in [7, 11) is 0. The number of fused-ring (bicyclic) bond motifs is 3. The lowest BCUT2D eigenvalue weighted by atomic mass is 9.78. The molecule has 2 saturated carbocycles. The standard InChI is InChI=1S/C32H36N4O3/c33-31(38)36(32(18-7-2-8-19-32)30(37)34-21-22-10-3-1-4-11-22)25-14-9-13-24(20-25)29-35-28-26-15-6-5-12-23(26)16-17-27(28)39-29/h5-6,9,12-17,20,22H,1-4,7-8,10-11,18-19,21H2,(H2,33,38)(H,34,37). The normalized spacial score (nSPS) is 17.7. The van der Waals surface area contributed by atoms with Gasteiger partial charge in [0.15, 0.2) is 5.58 Å². The molecule has 6 rings (SSSR count). The molecule has 7 heteroatoms. The Hall–Kier alpha value is -3.87. The number of oxazole rings is 1. The van der Waals surface area contributed by atoms with Crippen LogP contribution in [0.2, 0.25) is 0 Å². The second kappa shape index (κ2) is 10.7. The van der Waals surface area contributed by atoms with Gasteiger partial charge in [-0.1, -0.05) is 74.9 Å². The van der Waals surface area contributed by atoms with Gasteiger partial charge < -0.3 is 15.5 Å². The van der Waals surface area contributed by atoms with Gasteiger partial charge in [-0.15, -0.1) is 0 Å². The summed E-state index contributed by atoms with van der Waals surface area (Å²) >= 11 is 0. The molecule has 2 aliphatic carbocycles. The maximum absolute atomic E-state index is 13.9. The fourth-order valence-electron chi connectivity index (χ4n) is 6.63. The number of carbonyl (C=O) groups is 2. The zero-order chi connectivity index (χ0) is 26.8. The summed E-state index contributed by atoms with van der Waals surface area (Å²) in [6.45, 7) is 0.657. The Bertz CT molecular complexity index is 1500. The minimum absolute atomic E-state index is 0.0923. The van der Waals surface area contributed by atoms with Gasteiger partial charge in [0, 0.05) is 23.2 Å². The minimum atomic E-state index is -1.01. The van der Waals surface area contributed by atoms with E-state index in [1.165, 1.54) is 24.2 Å². The third-order valence-corrected chi connectivity index (χ3v) is 8.66. The predicted octanol–water partition coefficient (Wildman–Crippen LogP) is 6.93. The Morgan fingerprint density at radius 1 is 0.949 bits per heavy atom. The monoisotopic (exact) mass is 524 g/mol. The first kappa shape index (κ1) is 25.4. The summed E-state index contributed by atoms with van der Waals surface area (Å²) in [5.41, 5.74) is 7.85. The lowest BCUT2D eigenvalue weighted by molar-refractivity contribution is -0.127. The van der Waals surface area contributed by atoms with Crippen LogP contribution in [0.15, 0.2) is 65.1 Å². The molecule has 2 aliphatic rings. The molecule has 0 spiro atoms. The van der Waals surface area contributed by atoms with Crippen molar-refractivity contribution in [2.45, 2.75) is 69.7 Å². The molecule has 4 aromatic rings. The number of anilines is 1. The molecule has 0 aliphatic heterocycles. The average Bonchev–Trinajstić information content (AvgIpc) is 3.42. The highest BCUT2D eigenvalue weighted by Crippen LogP contribution is 2.39. The first-order valence-electron chi connectivity index (χ1n) is 14.3. The molecule has 0 atom stereocenters. The van der Waals surface area contributed by atoms with Gasteiger partial charge in [-0.2, -0.15) is 0 Å². The summed E-state index contributed by atoms with van der Waals surface area (Å²) in [6, 6.07) is 18.9. The quantitative estimate of drug-likeness (QED) is 0.285. The lowest BCUT2D eigenvalue weighted by Gasteiger charge is -2.44. The van der Waals surface area contributed by atoms with Gasteiger partial charge in [-0.25, -0.2) is 9.78 Å². The minimum Gasteiger partial charge on any atom is -0.436 e. The average molecular weight is 525 g/mol. The van der Waals surface area contributed by atoms with E-state index in [0.29, 0.717) is 42.5 Å². The Morgan fingerprint density at radius 3 is 2.51 bits per heavy atom. The van der Waals surface area contributed by atoms with Crippen LogP contribution in [0.25, 0.3) is 33.3 Å². The summed E-state index contributed by atoms with van der Waals surface area (Å²) in [5.74, 6) is 0.876. The second-order valence-corrected chi connectivity index (χ2v) is 11.2. The van der Waals surface area contributed by atoms with Crippen molar-refractivity contribution in [2.24, 2.45) is 11.7 Å². The van der Waals surface area contributed by atoms with Gasteiger partial charge in [-0.05, 0) is 61.3 Å². The number of nitrogens with one attached hydrogen (secondary N) is 1. The molecule has 0 unspecified atom stereocenters. The molecule has 7 nitrogen and oxygen atoms in total. The predicted molar refractivity (Wildman–Crippen MR) is 154 cm³/mol. The molecule has 0 radical (unpaired) electrons. The fraction of sp³-hybridized carbons (Fsp3) is 0.406. The van der Waals surface area contributed by atoms with E-state index in [1.54, 1.807) is 0 Å². The summed E-state index contributed by atoms with van der Waals surface area (Å²) in [5, 5.41) is 5.35. The van der Waals surface area contributed by atoms with Crippen molar-refractivity contribution in [2.75, 3.05) is 11.4 Å². The van der Waals surface area contributed by atoms with Crippen molar-refractivity contribution in [1.82, 2.24) is 10.3 Å². The highest BCUT2D eigenvalue weighted by molar-refractivity contribution is 6.04. The van der Waals surface area contributed by atoms with E-state index >= 15 is 0 Å². The van der Waals surface area contributed by atoms with E-state index in [1.807, 2.05) is 54.6 Å². The van der Waals surface area contributed by atoms with Crippen LogP contribution in [0, 0.1) is 5.92 Å². The van der Waals surface area contributed by atoms with Crippen LogP contribution < -0.4 is 16.0 Å². The van der Waals surface area contributed by atoms with Crippen LogP contribution in [0.1, 0.15) is 64.2 Å². The highest BCUT2D eigenvalue weighted by Gasteiger charge is 2.47. The van der Waals surface area contributed by atoms with Crippen molar-refractivity contribution in [1.29, 1.82) is 0 Å². The van der Waals surface area contributed by atoms with E-state index in [0.717, 1.165) is 54.0 Å². The third kappa shape index (κ3) is 4.86. The number of hydrogen-bond acceptors (Lipinski definition) is 4. The smallest absolute Gasteiger partial charge is 0.320 e. The largest absolute Gasteiger partial charge is 0.436 e. The molecule has 39 heavy (non-hydrogen) atoms. The number of nitrogens with two attached hydrogens (primary N) is 1. The van der Waals surface area contributed by atoms with Gasteiger partial charge in [0.2, 0.25) is 11.8 Å². The van der Waals surface area contributed by atoms with Crippen molar-refractivity contribution in [3.63, 3.8) is 0 Å². The van der Waals surface area contributed by atoms with Crippen LogP contribution in [-0.4, -0.2) is 29.0 Å². The van der Waals surface area contributed by atoms with Gasteiger partial charge in [0.25, 0.3) is 0 Å². The van der Waals surface area contributed by atoms with Crippen LogP contribution in [0.4, 0.5) is 10.5 Å². The van der Waals surface area contributed by atoms with E-state index in [2.05, 4.69) is 11.4 Å². The highest BCUT2D eigenvalue weighted by atomic mass is 16.3. The topological polar surface area (TPSA) is 101 Å². The van der Waals surface area contributed by atoms with E-state index in [4.69, 9.17) is 15.1 Å². The maximum atomic E-state index is 13.9. The Balaban J connectivity index is 1.34. The Labute approximate surface area is 228 Å². The first-order valence-corrected chi connectivity index (χ1v) is 14.3. The van der Waals surface area contributed by atoms with Crippen LogP contribution in [0.5, 0.6) is 0 Å². The van der Waals surface area contributed by atoms with Gasteiger partial charge in [0.05, 0.1) is 0 Å². The van der Waals surface area contributed by atoms with Crippen molar-refractivity contribution in [3.8, 4) is 11.5 Å². The molecular weight excluding hydrogens is 488 g/mol. The first-order chi connectivity index (χ1) is 19.0. The van der Waals surface area contributed by atoms with Crippen LogP contribution in [-0.2, 0) is 4.79 Å². The number of hydrogen-bond donors (Lipinski definition) is 2. The number of rotatable bonds is 6. The van der Waals surface area contributed by atoms with E-state index in [-0.39, 0.29) is 5.91 Å². The molecule has 3 N–H and O–H groups in total. The zero-order valence-corrected chi connectivity index (χ0v) is 22.3. The number of carbonyl (C=O) groups excluding carboxylic acids is 2. The molecule has 1 aromatic heterocycles. The summed E-state index contributed by atoms with van der Waals surface area (Å²) in [6.07, 6.45) is 9.98. The number of nitrogens with zero attached hydrogens (tertiary/aromatic N) is 2. The Morgan fingerprint density at radius 2 is 1.72 bits per heavy atom. The van der Waals surface area contributed by atoms with Crippen LogP contribution in [0.3, 0.4) is 0 Å². The van der Waals surface area contributed by atoms with Crippen molar-refractivity contribution in [3.05, 3.63) is 60.7 Å². The third-order valence-electron chi connectivity index (χ3n) is 8.66. The number of urea groups is 1. The SMILES string of the molecule is NC(=O)N(c1cccc(-c2nc3c(ccc4ccccc43)o2)c1)C1(C(=O)NCC2CCCCC2)CCCCC1. The van der Waals surface area contributed by atoms with E-state index < -0.39 is 11.6 Å². The molecule has 3 amide bonds. The lowest BCUT2D eigenvalue weighted by Crippen LogP contribution is -2.63. The van der Waals surface area contributed by atoms with E-state index in [9.17, 15) is 9.59 Å². The molecule has 0 bridgehead atoms. The second-order valence-electron chi connectivity index (χ2n) is 11.2. The fourth-order valence-corrected chi connectivity index (χ4v) is 6.63. The zero-order valence-electron chi connectivity index (χ0n) is 22.3. The number of benzene rings is 3. The summed E-state index contributed by atoms with van der Waals surface area (Å²) in [4.78, 5) is 33.3. The molecular formula is C32H36N4O3. The Kier molecular flexibility index (Phi) is 6.98. The van der Waals surface area contributed by atoms with Gasteiger partial charge in [0.1, 0.15) is 11.1 Å². The van der Waals surface area contributed by atoms with Gasteiger partial charge in [-0.3, -0.25) is 9.69 Å². The summed E-state index contributed by atoms with van der Waals surface area (Å²) < 4.78 is 6.16. The number of amides is 3. The van der Waals surface area contributed by atoms with Crippen LogP contribution >= 0.6 is 0 Å². The van der Waals surface area contributed by atoms with Crippen molar-refractivity contribution >= 4 is 39.5 Å². The molecule has 2 fully saturated rings. The molecule has 1 heterocycles. The maximum Gasteiger partial charge on any atom is 0.320 e. The number of primary amides is 1. The molecule has 202 valence electrons. The van der Waals surface area contributed by atoms with Crippen molar-refractivity contribution < 1.29 is 14.0 Å². The number of aromatic nitrogens is 1. The molecule has 0 saturated heterocycles. The van der Waals surface area contributed by atoms with Gasteiger partial charge >= 0.3 is 6.03 Å².